The van der Waals surface area contributed by atoms with Crippen molar-refractivity contribution in [3.63, 3.8) is 0 Å². The fourth-order valence-corrected chi connectivity index (χ4v) is 3.27. The zero-order chi connectivity index (χ0) is 11.5. The van der Waals surface area contributed by atoms with Crippen molar-refractivity contribution < 1.29 is 4.79 Å². The first-order valence-electron chi connectivity index (χ1n) is 5.21. The van der Waals surface area contributed by atoms with Crippen LogP contribution in [0.15, 0.2) is 0 Å². The second kappa shape index (κ2) is 4.89. The van der Waals surface area contributed by atoms with Crippen molar-refractivity contribution in [3.05, 3.63) is 16.0 Å². The van der Waals surface area contributed by atoms with Crippen molar-refractivity contribution in [2.24, 2.45) is 0 Å². The maximum absolute atomic E-state index is 11.3. The van der Waals surface area contributed by atoms with Gasteiger partial charge in [0.25, 0.3) is 0 Å². The molecular weight excluding hydrogens is 240 g/mol. The smallest absolute Gasteiger partial charge is 0.234 e. The number of aryl methyl sites for hydroxylation is 1. The van der Waals surface area contributed by atoms with E-state index in [1.54, 1.807) is 11.3 Å². The summed E-state index contributed by atoms with van der Waals surface area (Å²) in [7, 11) is 0. The van der Waals surface area contributed by atoms with Gasteiger partial charge in [0.15, 0.2) is 0 Å². The number of thiol groups is 1. The van der Waals surface area contributed by atoms with E-state index in [9.17, 15) is 4.79 Å². The van der Waals surface area contributed by atoms with Crippen molar-refractivity contribution >= 4 is 34.9 Å². The molecule has 0 radical (unpaired) electrons. The number of rotatable bonds is 2. The van der Waals surface area contributed by atoms with Gasteiger partial charge in [0.2, 0.25) is 5.91 Å². The Morgan fingerprint density at radius 3 is 2.94 bits per heavy atom. The number of hydrogen-bond acceptors (Lipinski definition) is 4. The van der Waals surface area contributed by atoms with E-state index in [4.69, 9.17) is 5.26 Å². The van der Waals surface area contributed by atoms with E-state index in [0.29, 0.717) is 10.6 Å². The summed E-state index contributed by atoms with van der Waals surface area (Å²) >= 11 is 5.45. The van der Waals surface area contributed by atoms with Crippen LogP contribution in [-0.2, 0) is 17.6 Å². The molecule has 1 aromatic rings. The maximum Gasteiger partial charge on any atom is 0.234 e. The lowest BCUT2D eigenvalue weighted by Crippen LogP contribution is -2.12. The lowest BCUT2D eigenvalue weighted by atomic mass is 9.96. The molecule has 1 heterocycles. The molecule has 1 N–H and O–H groups in total. The molecule has 0 saturated heterocycles. The van der Waals surface area contributed by atoms with E-state index in [2.05, 4.69) is 24.0 Å². The molecule has 1 aliphatic carbocycles. The van der Waals surface area contributed by atoms with E-state index in [1.165, 1.54) is 11.3 Å². The first-order chi connectivity index (χ1) is 7.76. The second-order valence-electron chi connectivity index (χ2n) is 3.73. The van der Waals surface area contributed by atoms with Gasteiger partial charge in [0.05, 0.1) is 11.3 Å². The average molecular weight is 252 g/mol. The molecule has 0 atom stereocenters. The van der Waals surface area contributed by atoms with Gasteiger partial charge in [-0.25, -0.2) is 0 Å². The molecule has 16 heavy (non-hydrogen) atoms. The minimum Gasteiger partial charge on any atom is -0.316 e. The lowest BCUT2D eigenvalue weighted by Gasteiger charge is -2.09. The molecule has 0 spiro atoms. The monoisotopic (exact) mass is 252 g/mol. The van der Waals surface area contributed by atoms with Gasteiger partial charge in [0.1, 0.15) is 11.1 Å². The van der Waals surface area contributed by atoms with Gasteiger partial charge < -0.3 is 5.32 Å². The Morgan fingerprint density at radius 2 is 2.25 bits per heavy atom. The molecule has 0 bridgehead atoms. The fraction of sp³-hybridized carbons (Fsp3) is 0.455. The molecule has 2 rings (SSSR count). The Hall–Kier alpha value is -0.990. The first kappa shape index (κ1) is 11.5. The molecular formula is C11H12N2OS2. The van der Waals surface area contributed by atoms with Crippen LogP contribution in [-0.4, -0.2) is 11.7 Å². The molecule has 3 nitrogen and oxygen atoms in total. The predicted molar refractivity (Wildman–Crippen MR) is 68.2 cm³/mol. The molecule has 84 valence electrons. The van der Waals surface area contributed by atoms with Crippen molar-refractivity contribution in [1.82, 2.24) is 0 Å². The number of anilines is 1. The Morgan fingerprint density at radius 1 is 1.50 bits per heavy atom. The zero-order valence-electron chi connectivity index (χ0n) is 8.75. The standard InChI is InChI=1S/C11H12N2OS2/c12-5-8-7-3-1-2-4-9(7)16-11(8)13-10(14)6-15/h15H,1-4,6H2,(H,13,14). The Labute approximate surface area is 104 Å². The molecule has 1 amide bonds. The van der Waals surface area contributed by atoms with Crippen LogP contribution < -0.4 is 5.32 Å². The molecule has 1 aromatic heterocycles. The molecule has 0 aliphatic heterocycles. The van der Waals surface area contributed by atoms with Crippen LogP contribution in [0.2, 0.25) is 0 Å². The molecule has 0 aromatic carbocycles. The largest absolute Gasteiger partial charge is 0.316 e. The Balaban J connectivity index is 2.35. The minimum atomic E-state index is -0.154. The predicted octanol–water partition coefficient (Wildman–Crippen LogP) is 2.37. The van der Waals surface area contributed by atoms with Gasteiger partial charge in [-0.05, 0) is 31.2 Å². The third-order valence-corrected chi connectivity index (χ3v) is 4.17. The topological polar surface area (TPSA) is 52.9 Å². The highest BCUT2D eigenvalue weighted by molar-refractivity contribution is 7.81. The Kier molecular flexibility index (Phi) is 3.52. The molecule has 1 aliphatic rings. The number of amides is 1. The average Bonchev–Trinajstić information content (AvgIpc) is 2.65. The third kappa shape index (κ3) is 2.08. The van der Waals surface area contributed by atoms with Crippen LogP contribution in [0.5, 0.6) is 0 Å². The van der Waals surface area contributed by atoms with Crippen LogP contribution in [0, 0.1) is 11.3 Å². The summed E-state index contributed by atoms with van der Waals surface area (Å²) in [5.74, 6) is -0.00797. The quantitative estimate of drug-likeness (QED) is 0.794. The van der Waals surface area contributed by atoms with Gasteiger partial charge in [-0.2, -0.15) is 17.9 Å². The summed E-state index contributed by atoms with van der Waals surface area (Å²) in [6.45, 7) is 0. The van der Waals surface area contributed by atoms with Crippen LogP contribution >= 0.6 is 24.0 Å². The summed E-state index contributed by atoms with van der Waals surface area (Å²) in [6.07, 6.45) is 4.31. The highest BCUT2D eigenvalue weighted by Gasteiger charge is 2.21. The SMILES string of the molecule is N#Cc1c(NC(=O)CS)sc2c1CCCC2. The van der Waals surface area contributed by atoms with Crippen molar-refractivity contribution in [2.45, 2.75) is 25.7 Å². The summed E-state index contributed by atoms with van der Waals surface area (Å²) in [5.41, 5.74) is 1.81. The van der Waals surface area contributed by atoms with Gasteiger partial charge in [-0.15, -0.1) is 11.3 Å². The van der Waals surface area contributed by atoms with Gasteiger partial charge in [0, 0.05) is 4.88 Å². The number of fused-ring (bicyclic) bond motifs is 1. The highest BCUT2D eigenvalue weighted by atomic mass is 32.1. The van der Waals surface area contributed by atoms with Crippen molar-refractivity contribution in [3.8, 4) is 6.07 Å². The normalized spacial score (nSPS) is 14.0. The molecule has 0 fully saturated rings. The first-order valence-corrected chi connectivity index (χ1v) is 6.66. The van der Waals surface area contributed by atoms with Crippen LogP contribution in [0.25, 0.3) is 0 Å². The lowest BCUT2D eigenvalue weighted by molar-refractivity contribution is -0.113. The number of nitriles is 1. The summed E-state index contributed by atoms with van der Waals surface area (Å²) in [6, 6.07) is 2.20. The number of carbonyl (C=O) groups is 1. The summed E-state index contributed by atoms with van der Waals surface area (Å²) in [5, 5.41) is 12.6. The minimum absolute atomic E-state index is 0.146. The highest BCUT2D eigenvalue weighted by Crippen LogP contribution is 2.37. The Bertz CT molecular complexity index is 459. The molecule has 0 saturated carbocycles. The number of carbonyl (C=O) groups excluding carboxylic acids is 1. The van der Waals surface area contributed by atoms with Crippen molar-refractivity contribution in [2.75, 3.05) is 11.1 Å². The fourth-order valence-electron chi connectivity index (χ4n) is 1.94. The van der Waals surface area contributed by atoms with E-state index in [0.717, 1.165) is 24.8 Å². The van der Waals surface area contributed by atoms with Gasteiger partial charge in [-0.3, -0.25) is 4.79 Å². The van der Waals surface area contributed by atoms with E-state index in [1.807, 2.05) is 0 Å². The molecule has 5 heteroatoms. The van der Waals surface area contributed by atoms with Crippen LogP contribution in [0.4, 0.5) is 5.00 Å². The van der Waals surface area contributed by atoms with E-state index < -0.39 is 0 Å². The van der Waals surface area contributed by atoms with E-state index in [-0.39, 0.29) is 11.7 Å². The summed E-state index contributed by atoms with van der Waals surface area (Å²) < 4.78 is 0. The maximum atomic E-state index is 11.3. The zero-order valence-corrected chi connectivity index (χ0v) is 10.5. The number of nitrogens with zero attached hydrogens (tertiary/aromatic N) is 1. The number of hydrogen-bond donors (Lipinski definition) is 2. The number of nitrogens with one attached hydrogen (secondary N) is 1. The van der Waals surface area contributed by atoms with Crippen molar-refractivity contribution in [1.29, 1.82) is 5.26 Å². The summed E-state index contributed by atoms with van der Waals surface area (Å²) in [4.78, 5) is 12.5. The van der Waals surface area contributed by atoms with Gasteiger partial charge >= 0.3 is 0 Å². The second-order valence-corrected chi connectivity index (χ2v) is 5.15. The number of thiophene rings is 1. The third-order valence-electron chi connectivity index (χ3n) is 2.68. The van der Waals surface area contributed by atoms with E-state index >= 15 is 0 Å². The molecule has 0 unspecified atom stereocenters. The van der Waals surface area contributed by atoms with Crippen LogP contribution in [0.1, 0.15) is 28.8 Å². The van der Waals surface area contributed by atoms with Crippen LogP contribution in [0.3, 0.4) is 0 Å². The van der Waals surface area contributed by atoms with Gasteiger partial charge in [-0.1, -0.05) is 0 Å².